The molecule has 0 fully saturated rings. The Balaban J connectivity index is 1.87. The Labute approximate surface area is 122 Å². The van der Waals surface area contributed by atoms with Gasteiger partial charge in [-0.3, -0.25) is 14.9 Å². The van der Waals surface area contributed by atoms with Gasteiger partial charge in [-0.15, -0.1) is 0 Å². The lowest BCUT2D eigenvalue weighted by Crippen LogP contribution is -2.23. The zero-order valence-corrected chi connectivity index (χ0v) is 11.2. The van der Waals surface area contributed by atoms with Crippen LogP contribution in [0.4, 0.5) is 5.69 Å². The molecule has 5 heteroatoms. The van der Waals surface area contributed by atoms with Crippen LogP contribution in [0.2, 0.25) is 0 Å². The highest BCUT2D eigenvalue weighted by atomic mass is 16.6. The zero-order valence-electron chi connectivity index (χ0n) is 11.2. The summed E-state index contributed by atoms with van der Waals surface area (Å²) in [4.78, 5) is 21.9. The van der Waals surface area contributed by atoms with E-state index < -0.39 is 4.92 Å². The van der Waals surface area contributed by atoms with Gasteiger partial charge in [0.2, 0.25) is 0 Å². The second-order valence-electron chi connectivity index (χ2n) is 4.33. The summed E-state index contributed by atoms with van der Waals surface area (Å²) in [6.07, 6.45) is 3.76. The molecule has 5 nitrogen and oxygen atoms in total. The molecule has 2 aromatic carbocycles. The second-order valence-corrected chi connectivity index (χ2v) is 4.33. The molecule has 0 saturated heterocycles. The first-order valence-electron chi connectivity index (χ1n) is 6.41. The minimum absolute atomic E-state index is 0.0319. The monoisotopic (exact) mass is 282 g/mol. The number of carbonyl (C=O) groups excluding carboxylic acids is 1. The number of nitrogens with one attached hydrogen (secondary N) is 1. The third kappa shape index (κ3) is 4.28. The van der Waals surface area contributed by atoms with E-state index in [0.29, 0.717) is 12.1 Å². The topological polar surface area (TPSA) is 72.2 Å². The van der Waals surface area contributed by atoms with Crippen LogP contribution in [0.25, 0.3) is 6.08 Å². The molecule has 0 aliphatic heterocycles. The first-order valence-corrected chi connectivity index (χ1v) is 6.41. The molecular weight excluding hydrogens is 268 g/mol. The van der Waals surface area contributed by atoms with Crippen molar-refractivity contribution >= 4 is 17.7 Å². The van der Waals surface area contributed by atoms with E-state index in [9.17, 15) is 14.9 Å². The molecule has 0 aliphatic rings. The van der Waals surface area contributed by atoms with Crippen molar-refractivity contribution in [3.05, 3.63) is 81.9 Å². The van der Waals surface area contributed by atoms with Crippen molar-refractivity contribution in [1.29, 1.82) is 0 Å². The van der Waals surface area contributed by atoms with E-state index in [4.69, 9.17) is 0 Å². The van der Waals surface area contributed by atoms with Gasteiger partial charge in [-0.05, 0) is 17.7 Å². The zero-order chi connectivity index (χ0) is 15.1. The SMILES string of the molecule is O=C(NC/C=C/c1ccccc1)c1ccc([N+](=O)[O-])cc1. The maximum Gasteiger partial charge on any atom is 0.269 e. The van der Waals surface area contributed by atoms with Gasteiger partial charge in [-0.1, -0.05) is 42.5 Å². The van der Waals surface area contributed by atoms with E-state index in [1.54, 1.807) is 0 Å². The summed E-state index contributed by atoms with van der Waals surface area (Å²) in [6.45, 7) is 0.394. The summed E-state index contributed by atoms with van der Waals surface area (Å²) >= 11 is 0. The molecule has 0 heterocycles. The van der Waals surface area contributed by atoms with Gasteiger partial charge in [0.05, 0.1) is 4.92 Å². The number of hydrogen-bond acceptors (Lipinski definition) is 3. The van der Waals surface area contributed by atoms with Crippen molar-refractivity contribution in [2.45, 2.75) is 0 Å². The number of hydrogen-bond donors (Lipinski definition) is 1. The van der Waals surface area contributed by atoms with Crippen LogP contribution in [0, 0.1) is 10.1 Å². The van der Waals surface area contributed by atoms with Gasteiger partial charge in [0, 0.05) is 24.2 Å². The van der Waals surface area contributed by atoms with E-state index in [0.717, 1.165) is 5.56 Å². The van der Waals surface area contributed by atoms with E-state index >= 15 is 0 Å². The lowest BCUT2D eigenvalue weighted by Gasteiger charge is -2.02. The summed E-state index contributed by atoms with van der Waals surface area (Å²) in [5.41, 5.74) is 1.42. The Morgan fingerprint density at radius 1 is 1.10 bits per heavy atom. The summed E-state index contributed by atoms with van der Waals surface area (Å²) in [6, 6.07) is 15.3. The Morgan fingerprint density at radius 2 is 1.76 bits per heavy atom. The molecule has 1 amide bonds. The van der Waals surface area contributed by atoms with Crippen molar-refractivity contribution in [1.82, 2.24) is 5.32 Å². The van der Waals surface area contributed by atoms with E-state index in [-0.39, 0.29) is 11.6 Å². The lowest BCUT2D eigenvalue weighted by molar-refractivity contribution is -0.384. The highest BCUT2D eigenvalue weighted by Gasteiger charge is 2.08. The molecule has 0 bridgehead atoms. The average Bonchev–Trinajstić information content (AvgIpc) is 2.52. The van der Waals surface area contributed by atoms with Gasteiger partial charge in [0.25, 0.3) is 11.6 Å². The highest BCUT2D eigenvalue weighted by molar-refractivity contribution is 5.94. The number of rotatable bonds is 5. The van der Waals surface area contributed by atoms with Crippen LogP contribution in [0.1, 0.15) is 15.9 Å². The van der Waals surface area contributed by atoms with E-state index in [2.05, 4.69) is 5.32 Å². The van der Waals surface area contributed by atoms with Crippen LogP contribution in [0.15, 0.2) is 60.7 Å². The van der Waals surface area contributed by atoms with Gasteiger partial charge in [0.15, 0.2) is 0 Å². The van der Waals surface area contributed by atoms with Crippen LogP contribution in [0.3, 0.4) is 0 Å². The molecule has 0 atom stereocenters. The standard InChI is InChI=1S/C16H14N2O3/c19-16(14-8-10-15(11-9-14)18(20)21)17-12-4-7-13-5-2-1-3-6-13/h1-11H,12H2,(H,17,19)/b7-4+. The molecule has 0 aliphatic carbocycles. The number of amides is 1. The minimum Gasteiger partial charge on any atom is -0.349 e. The average molecular weight is 282 g/mol. The van der Waals surface area contributed by atoms with Crippen LogP contribution in [0.5, 0.6) is 0 Å². The number of carbonyl (C=O) groups is 1. The summed E-state index contributed by atoms with van der Waals surface area (Å²) in [7, 11) is 0. The van der Waals surface area contributed by atoms with Gasteiger partial charge in [0.1, 0.15) is 0 Å². The lowest BCUT2D eigenvalue weighted by atomic mass is 10.2. The first-order chi connectivity index (χ1) is 10.2. The molecule has 2 aromatic rings. The van der Waals surface area contributed by atoms with Gasteiger partial charge in [-0.2, -0.15) is 0 Å². The fourth-order valence-electron chi connectivity index (χ4n) is 1.75. The Bertz CT molecular complexity index is 649. The van der Waals surface area contributed by atoms with Crippen LogP contribution >= 0.6 is 0 Å². The van der Waals surface area contributed by atoms with Gasteiger partial charge >= 0.3 is 0 Å². The molecule has 21 heavy (non-hydrogen) atoms. The molecule has 0 aromatic heterocycles. The molecule has 1 N–H and O–H groups in total. The number of benzene rings is 2. The molecule has 2 rings (SSSR count). The Morgan fingerprint density at radius 3 is 2.38 bits per heavy atom. The fraction of sp³-hybridized carbons (Fsp3) is 0.0625. The summed E-state index contributed by atoms with van der Waals surface area (Å²) < 4.78 is 0. The van der Waals surface area contributed by atoms with Crippen LogP contribution in [-0.2, 0) is 0 Å². The number of nitrogens with zero attached hydrogens (tertiary/aromatic N) is 1. The number of nitro benzene ring substituents is 1. The maximum absolute atomic E-state index is 11.8. The summed E-state index contributed by atoms with van der Waals surface area (Å²) in [5.74, 6) is -0.261. The highest BCUT2D eigenvalue weighted by Crippen LogP contribution is 2.11. The predicted octanol–water partition coefficient (Wildman–Crippen LogP) is 3.04. The maximum atomic E-state index is 11.8. The molecule has 0 spiro atoms. The van der Waals surface area contributed by atoms with Crippen molar-refractivity contribution in [3.8, 4) is 0 Å². The smallest absolute Gasteiger partial charge is 0.269 e. The van der Waals surface area contributed by atoms with Crippen molar-refractivity contribution in [3.63, 3.8) is 0 Å². The van der Waals surface area contributed by atoms with Gasteiger partial charge < -0.3 is 5.32 Å². The Hall–Kier alpha value is -2.95. The van der Waals surface area contributed by atoms with Crippen molar-refractivity contribution < 1.29 is 9.72 Å². The van der Waals surface area contributed by atoms with E-state index in [1.807, 2.05) is 42.5 Å². The Kier molecular flexibility index (Phi) is 4.82. The minimum atomic E-state index is -0.496. The normalized spacial score (nSPS) is 10.5. The first kappa shape index (κ1) is 14.5. The summed E-state index contributed by atoms with van der Waals surface area (Å²) in [5, 5.41) is 13.2. The molecular formula is C16H14N2O3. The van der Waals surface area contributed by atoms with Gasteiger partial charge in [-0.25, -0.2) is 0 Å². The van der Waals surface area contributed by atoms with Crippen LogP contribution < -0.4 is 5.32 Å². The second kappa shape index (κ2) is 7.00. The third-order valence-corrected chi connectivity index (χ3v) is 2.83. The quantitative estimate of drug-likeness (QED) is 0.676. The molecule has 0 saturated carbocycles. The van der Waals surface area contributed by atoms with Crippen molar-refractivity contribution in [2.75, 3.05) is 6.54 Å². The third-order valence-electron chi connectivity index (χ3n) is 2.83. The van der Waals surface area contributed by atoms with Crippen molar-refractivity contribution in [2.24, 2.45) is 0 Å². The number of non-ortho nitro benzene ring substituents is 1. The van der Waals surface area contributed by atoms with E-state index in [1.165, 1.54) is 24.3 Å². The largest absolute Gasteiger partial charge is 0.349 e. The predicted molar refractivity (Wildman–Crippen MR) is 80.9 cm³/mol. The molecule has 0 radical (unpaired) electrons. The fourth-order valence-corrected chi connectivity index (χ4v) is 1.75. The van der Waals surface area contributed by atoms with Crippen LogP contribution in [-0.4, -0.2) is 17.4 Å². The molecule has 0 unspecified atom stereocenters. The molecule has 106 valence electrons. The number of nitro groups is 1.